The van der Waals surface area contributed by atoms with E-state index < -0.39 is 0 Å². The monoisotopic (exact) mass is 298 g/mol. The SMILES string of the molecule is Fc1ccc(CNCc2cccnc2)cc1-c1cccs1. The molecule has 0 spiro atoms. The topological polar surface area (TPSA) is 24.9 Å². The molecule has 0 aliphatic rings. The first-order valence-electron chi connectivity index (χ1n) is 6.75. The minimum atomic E-state index is -0.173. The summed E-state index contributed by atoms with van der Waals surface area (Å²) in [7, 11) is 0. The number of thiophene rings is 1. The number of nitrogens with zero attached hydrogens (tertiary/aromatic N) is 1. The number of aromatic nitrogens is 1. The van der Waals surface area contributed by atoms with E-state index in [1.807, 2.05) is 48.0 Å². The van der Waals surface area contributed by atoms with Gasteiger partial charge >= 0.3 is 0 Å². The van der Waals surface area contributed by atoms with E-state index >= 15 is 0 Å². The summed E-state index contributed by atoms with van der Waals surface area (Å²) in [5.41, 5.74) is 2.88. The molecular formula is C17H15FN2S. The summed E-state index contributed by atoms with van der Waals surface area (Å²) >= 11 is 1.55. The van der Waals surface area contributed by atoms with E-state index in [-0.39, 0.29) is 5.82 Å². The van der Waals surface area contributed by atoms with Crippen LogP contribution in [-0.4, -0.2) is 4.98 Å². The average Bonchev–Trinajstić information content (AvgIpc) is 3.04. The van der Waals surface area contributed by atoms with Gasteiger partial charge in [0.1, 0.15) is 5.82 Å². The molecule has 0 amide bonds. The number of pyridine rings is 1. The molecule has 0 unspecified atom stereocenters. The number of nitrogens with one attached hydrogen (secondary N) is 1. The van der Waals surface area contributed by atoms with Crippen molar-refractivity contribution in [2.24, 2.45) is 0 Å². The third kappa shape index (κ3) is 3.54. The quantitative estimate of drug-likeness (QED) is 0.762. The molecule has 4 heteroatoms. The highest BCUT2D eigenvalue weighted by molar-refractivity contribution is 7.13. The lowest BCUT2D eigenvalue weighted by Crippen LogP contribution is -2.12. The van der Waals surface area contributed by atoms with Crippen molar-refractivity contribution in [2.45, 2.75) is 13.1 Å². The van der Waals surface area contributed by atoms with E-state index in [1.54, 1.807) is 17.5 Å². The van der Waals surface area contributed by atoms with Crippen LogP contribution >= 0.6 is 11.3 Å². The van der Waals surface area contributed by atoms with Crippen molar-refractivity contribution < 1.29 is 4.39 Å². The van der Waals surface area contributed by atoms with Gasteiger partial charge in [-0.15, -0.1) is 11.3 Å². The van der Waals surface area contributed by atoms with Crippen molar-refractivity contribution in [1.29, 1.82) is 0 Å². The van der Waals surface area contributed by atoms with Crippen LogP contribution in [0, 0.1) is 5.82 Å². The van der Waals surface area contributed by atoms with Crippen molar-refractivity contribution in [3.8, 4) is 10.4 Å². The molecule has 0 saturated heterocycles. The minimum Gasteiger partial charge on any atom is -0.309 e. The van der Waals surface area contributed by atoms with Crippen LogP contribution in [0.5, 0.6) is 0 Å². The van der Waals surface area contributed by atoms with Crippen molar-refractivity contribution in [1.82, 2.24) is 10.3 Å². The molecule has 0 saturated carbocycles. The normalized spacial score (nSPS) is 10.7. The lowest BCUT2D eigenvalue weighted by molar-refractivity contribution is 0.628. The smallest absolute Gasteiger partial charge is 0.131 e. The Morgan fingerprint density at radius 3 is 2.71 bits per heavy atom. The van der Waals surface area contributed by atoms with Crippen LogP contribution in [0.2, 0.25) is 0 Å². The molecule has 21 heavy (non-hydrogen) atoms. The molecule has 3 aromatic rings. The van der Waals surface area contributed by atoms with Gasteiger partial charge in [0.15, 0.2) is 0 Å². The van der Waals surface area contributed by atoms with Crippen LogP contribution in [0.25, 0.3) is 10.4 Å². The second kappa shape index (κ2) is 6.61. The van der Waals surface area contributed by atoms with Gasteiger partial charge in [-0.1, -0.05) is 18.2 Å². The summed E-state index contributed by atoms with van der Waals surface area (Å²) < 4.78 is 13.9. The van der Waals surface area contributed by atoms with E-state index in [9.17, 15) is 4.39 Å². The molecule has 2 heterocycles. The molecule has 2 aromatic heterocycles. The van der Waals surface area contributed by atoms with E-state index in [0.29, 0.717) is 12.1 Å². The average molecular weight is 298 g/mol. The Bertz CT molecular complexity index is 696. The van der Waals surface area contributed by atoms with Crippen molar-refractivity contribution in [3.05, 3.63) is 77.2 Å². The standard InChI is InChI=1S/C17H15FN2S/c18-16-6-5-13(9-15(16)17-4-2-8-21-17)10-20-12-14-3-1-7-19-11-14/h1-9,11,20H,10,12H2. The molecule has 1 aromatic carbocycles. The second-order valence-electron chi connectivity index (χ2n) is 4.76. The number of hydrogen-bond donors (Lipinski definition) is 1. The highest BCUT2D eigenvalue weighted by atomic mass is 32.1. The first kappa shape index (κ1) is 13.9. The van der Waals surface area contributed by atoms with Crippen molar-refractivity contribution in [3.63, 3.8) is 0 Å². The van der Waals surface area contributed by atoms with E-state index in [1.165, 1.54) is 6.07 Å². The molecule has 0 bridgehead atoms. The summed E-state index contributed by atoms with van der Waals surface area (Å²) in [5.74, 6) is -0.173. The maximum atomic E-state index is 13.9. The fraction of sp³-hybridized carbons (Fsp3) is 0.118. The van der Waals surface area contributed by atoms with E-state index in [2.05, 4.69) is 10.3 Å². The molecule has 0 fully saturated rings. The Morgan fingerprint density at radius 2 is 1.95 bits per heavy atom. The number of rotatable bonds is 5. The molecular weight excluding hydrogens is 283 g/mol. The van der Waals surface area contributed by atoms with Gasteiger partial charge in [-0.2, -0.15) is 0 Å². The number of benzene rings is 1. The maximum Gasteiger partial charge on any atom is 0.131 e. The van der Waals surface area contributed by atoms with Gasteiger partial charge in [-0.05, 0) is 40.8 Å². The van der Waals surface area contributed by atoms with Crippen LogP contribution in [-0.2, 0) is 13.1 Å². The van der Waals surface area contributed by atoms with Gasteiger partial charge in [0.2, 0.25) is 0 Å². The molecule has 0 radical (unpaired) electrons. The Balaban J connectivity index is 1.68. The van der Waals surface area contributed by atoms with Crippen molar-refractivity contribution >= 4 is 11.3 Å². The highest BCUT2D eigenvalue weighted by Crippen LogP contribution is 2.28. The first-order valence-corrected chi connectivity index (χ1v) is 7.63. The van der Waals surface area contributed by atoms with Gasteiger partial charge in [-0.25, -0.2) is 4.39 Å². The zero-order valence-corrected chi connectivity index (χ0v) is 12.2. The maximum absolute atomic E-state index is 13.9. The van der Waals surface area contributed by atoms with Crippen LogP contribution in [0.1, 0.15) is 11.1 Å². The minimum absolute atomic E-state index is 0.173. The summed E-state index contributed by atoms with van der Waals surface area (Å²) in [6, 6.07) is 13.1. The molecule has 3 rings (SSSR count). The summed E-state index contributed by atoms with van der Waals surface area (Å²) in [5, 5.41) is 5.31. The Labute approximate surface area is 127 Å². The lowest BCUT2D eigenvalue weighted by atomic mass is 10.1. The Kier molecular flexibility index (Phi) is 4.38. The predicted molar refractivity (Wildman–Crippen MR) is 84.5 cm³/mol. The number of halogens is 1. The molecule has 0 aliphatic heterocycles. The number of hydrogen-bond acceptors (Lipinski definition) is 3. The molecule has 1 N–H and O–H groups in total. The van der Waals surface area contributed by atoms with Crippen LogP contribution in [0.3, 0.4) is 0 Å². The van der Waals surface area contributed by atoms with Crippen LogP contribution in [0.15, 0.2) is 60.2 Å². The van der Waals surface area contributed by atoms with Gasteiger partial charge in [-0.3, -0.25) is 4.98 Å². The van der Waals surface area contributed by atoms with Gasteiger partial charge in [0.05, 0.1) is 0 Å². The third-order valence-electron chi connectivity index (χ3n) is 3.20. The zero-order valence-electron chi connectivity index (χ0n) is 11.4. The van der Waals surface area contributed by atoms with Crippen molar-refractivity contribution in [2.75, 3.05) is 0 Å². The second-order valence-corrected chi connectivity index (χ2v) is 5.70. The zero-order chi connectivity index (χ0) is 14.5. The highest BCUT2D eigenvalue weighted by Gasteiger charge is 2.07. The third-order valence-corrected chi connectivity index (χ3v) is 4.10. The summed E-state index contributed by atoms with van der Waals surface area (Å²) in [6.45, 7) is 1.45. The summed E-state index contributed by atoms with van der Waals surface area (Å²) in [4.78, 5) is 5.04. The van der Waals surface area contributed by atoms with Gasteiger partial charge in [0.25, 0.3) is 0 Å². The fourth-order valence-corrected chi connectivity index (χ4v) is 2.90. The van der Waals surface area contributed by atoms with E-state index in [0.717, 1.165) is 22.5 Å². The van der Waals surface area contributed by atoms with Gasteiger partial charge < -0.3 is 5.32 Å². The Morgan fingerprint density at radius 1 is 1.05 bits per heavy atom. The molecule has 0 atom stereocenters. The van der Waals surface area contributed by atoms with Gasteiger partial charge in [0, 0.05) is 35.9 Å². The predicted octanol–water partition coefficient (Wildman–Crippen LogP) is 4.24. The Hall–Kier alpha value is -2.04. The molecule has 106 valence electrons. The lowest BCUT2D eigenvalue weighted by Gasteiger charge is -2.07. The largest absolute Gasteiger partial charge is 0.309 e. The van der Waals surface area contributed by atoms with Crippen LogP contribution < -0.4 is 5.32 Å². The molecule has 0 aliphatic carbocycles. The first-order chi connectivity index (χ1) is 10.3. The molecule has 2 nitrogen and oxygen atoms in total. The van der Waals surface area contributed by atoms with E-state index in [4.69, 9.17) is 0 Å². The van der Waals surface area contributed by atoms with Crippen LogP contribution in [0.4, 0.5) is 4.39 Å². The fourth-order valence-electron chi connectivity index (χ4n) is 2.16. The summed E-state index contributed by atoms with van der Waals surface area (Å²) in [6.07, 6.45) is 3.60.